The number of esters is 3. The van der Waals surface area contributed by atoms with E-state index in [0.717, 1.165) is 12.7 Å². The van der Waals surface area contributed by atoms with E-state index in [1.54, 1.807) is 49.4 Å². The lowest BCUT2D eigenvalue weighted by Gasteiger charge is -2.36. The summed E-state index contributed by atoms with van der Waals surface area (Å²) in [6, 6.07) is 23.2. The smallest absolute Gasteiger partial charge is 0.355 e. The van der Waals surface area contributed by atoms with Gasteiger partial charge in [0.15, 0.2) is 5.75 Å². The van der Waals surface area contributed by atoms with Crippen molar-refractivity contribution in [3.63, 3.8) is 0 Å². The van der Waals surface area contributed by atoms with Gasteiger partial charge in [0.25, 0.3) is 0 Å². The molecule has 1 unspecified atom stereocenters. The first-order valence-corrected chi connectivity index (χ1v) is 12.8. The average Bonchev–Trinajstić information content (AvgIpc) is 3.02. The van der Waals surface area contributed by atoms with Crippen LogP contribution >= 0.6 is 0 Å². The highest BCUT2D eigenvalue weighted by Crippen LogP contribution is 2.46. The molecule has 3 aromatic rings. The SMILES string of the molecule is COC(=O)C1=C(C(=O)OC)N(c2cc(C)cc(C(=O)OC)c2OCc2ccccc2)C(N)=C(C#N)C1c1ccccc1. The monoisotopic (exact) mass is 567 g/mol. The van der Waals surface area contributed by atoms with Crippen molar-refractivity contribution in [2.24, 2.45) is 5.73 Å². The van der Waals surface area contributed by atoms with Crippen LogP contribution in [-0.4, -0.2) is 39.2 Å². The van der Waals surface area contributed by atoms with Gasteiger partial charge in [-0.15, -0.1) is 0 Å². The van der Waals surface area contributed by atoms with E-state index >= 15 is 0 Å². The molecule has 42 heavy (non-hydrogen) atoms. The summed E-state index contributed by atoms with van der Waals surface area (Å²) in [5, 5.41) is 10.4. The maximum Gasteiger partial charge on any atom is 0.355 e. The molecule has 3 aromatic carbocycles. The minimum atomic E-state index is -1.05. The van der Waals surface area contributed by atoms with Crippen LogP contribution in [0.4, 0.5) is 5.69 Å². The lowest BCUT2D eigenvalue weighted by Crippen LogP contribution is -2.41. The topological polar surface area (TPSA) is 141 Å². The Kier molecular flexibility index (Phi) is 8.93. The highest BCUT2D eigenvalue weighted by atomic mass is 16.5. The minimum absolute atomic E-state index is 0.0142. The highest BCUT2D eigenvalue weighted by Gasteiger charge is 2.44. The van der Waals surface area contributed by atoms with Crippen molar-refractivity contribution >= 4 is 23.6 Å². The Morgan fingerprint density at radius 3 is 2.05 bits per heavy atom. The fraction of sp³-hybridized carbons (Fsp3) is 0.188. The zero-order valence-corrected chi connectivity index (χ0v) is 23.5. The normalized spacial score (nSPS) is 14.6. The lowest BCUT2D eigenvalue weighted by atomic mass is 9.80. The van der Waals surface area contributed by atoms with Gasteiger partial charge in [-0.05, 0) is 35.7 Å². The van der Waals surface area contributed by atoms with Gasteiger partial charge in [-0.3, -0.25) is 4.90 Å². The second-order valence-corrected chi connectivity index (χ2v) is 9.26. The predicted octanol–water partition coefficient (Wildman–Crippen LogP) is 4.26. The van der Waals surface area contributed by atoms with Crippen LogP contribution < -0.4 is 15.4 Å². The predicted molar refractivity (Wildman–Crippen MR) is 153 cm³/mol. The molecule has 1 aliphatic rings. The first-order valence-electron chi connectivity index (χ1n) is 12.8. The molecule has 0 aliphatic carbocycles. The number of methoxy groups -OCH3 is 3. The summed E-state index contributed by atoms with van der Waals surface area (Å²) in [6.07, 6.45) is 0. The number of carbonyl (C=O) groups excluding carboxylic acids is 3. The second kappa shape index (κ2) is 12.7. The van der Waals surface area contributed by atoms with E-state index in [4.69, 9.17) is 24.7 Å². The van der Waals surface area contributed by atoms with Crippen molar-refractivity contribution < 1.29 is 33.3 Å². The van der Waals surface area contributed by atoms with Crippen LogP contribution in [0.1, 0.15) is 33.0 Å². The van der Waals surface area contributed by atoms with E-state index in [-0.39, 0.29) is 46.3 Å². The molecule has 0 amide bonds. The molecule has 0 fully saturated rings. The molecule has 10 nitrogen and oxygen atoms in total. The van der Waals surface area contributed by atoms with Gasteiger partial charge in [0.2, 0.25) is 0 Å². The summed E-state index contributed by atoms with van der Waals surface area (Å²) >= 11 is 0. The molecule has 10 heteroatoms. The third-order valence-electron chi connectivity index (χ3n) is 6.70. The zero-order valence-electron chi connectivity index (χ0n) is 23.5. The summed E-state index contributed by atoms with van der Waals surface area (Å²) in [7, 11) is 3.55. The van der Waals surface area contributed by atoms with E-state index in [1.165, 1.54) is 19.1 Å². The molecule has 1 heterocycles. The molecular formula is C32H29N3O7. The summed E-state index contributed by atoms with van der Waals surface area (Å²) in [4.78, 5) is 41.1. The van der Waals surface area contributed by atoms with Crippen molar-refractivity contribution in [2.45, 2.75) is 19.4 Å². The number of aryl methyl sites for hydroxylation is 1. The van der Waals surface area contributed by atoms with Gasteiger partial charge in [0, 0.05) is 0 Å². The standard InChI is InChI=1S/C32H29N3O7/c1-19-15-22(30(36)39-2)28(42-18-20-11-7-5-8-12-20)24(16-19)35-27(32(38)41-4)26(31(37)40-3)25(23(17-33)29(35)34)21-13-9-6-10-14-21/h5-16,25H,18,34H2,1-4H3. The number of allylic oxidation sites excluding steroid dienone is 1. The van der Waals surface area contributed by atoms with Gasteiger partial charge < -0.3 is 24.7 Å². The number of rotatable bonds is 8. The van der Waals surface area contributed by atoms with E-state index in [2.05, 4.69) is 6.07 Å². The molecule has 2 N–H and O–H groups in total. The number of anilines is 1. The number of nitrogens with zero attached hydrogens (tertiary/aromatic N) is 2. The van der Waals surface area contributed by atoms with Crippen LogP contribution in [0.2, 0.25) is 0 Å². The molecule has 1 atom stereocenters. The van der Waals surface area contributed by atoms with E-state index in [9.17, 15) is 19.6 Å². The molecule has 0 bridgehead atoms. The van der Waals surface area contributed by atoms with E-state index in [1.807, 2.05) is 30.3 Å². The largest absolute Gasteiger partial charge is 0.486 e. The molecule has 4 rings (SSSR count). The van der Waals surface area contributed by atoms with E-state index in [0.29, 0.717) is 11.1 Å². The van der Waals surface area contributed by atoms with Crippen molar-refractivity contribution in [3.8, 4) is 11.8 Å². The molecule has 0 radical (unpaired) electrons. The molecule has 1 aliphatic heterocycles. The van der Waals surface area contributed by atoms with Crippen LogP contribution in [0.5, 0.6) is 5.75 Å². The van der Waals surface area contributed by atoms with Crippen molar-refractivity contribution in [3.05, 3.63) is 118 Å². The lowest BCUT2D eigenvalue weighted by molar-refractivity contribution is -0.139. The van der Waals surface area contributed by atoms with Crippen molar-refractivity contribution in [1.29, 1.82) is 5.26 Å². The maximum absolute atomic E-state index is 13.5. The number of benzene rings is 3. The number of nitriles is 1. The third kappa shape index (κ3) is 5.53. The maximum atomic E-state index is 13.5. The number of hydrogen-bond acceptors (Lipinski definition) is 10. The molecule has 0 aromatic heterocycles. The van der Waals surface area contributed by atoms with Crippen LogP contribution in [0.15, 0.2) is 95.5 Å². The van der Waals surface area contributed by atoms with E-state index < -0.39 is 23.8 Å². The van der Waals surface area contributed by atoms with Gasteiger partial charge in [-0.2, -0.15) is 5.26 Å². The Hall–Kier alpha value is -5.56. The fourth-order valence-electron chi connectivity index (χ4n) is 4.83. The molecule has 214 valence electrons. The first-order chi connectivity index (χ1) is 20.3. The molecule has 0 saturated heterocycles. The molecular weight excluding hydrogens is 538 g/mol. The van der Waals surface area contributed by atoms with Crippen LogP contribution in [0, 0.1) is 18.3 Å². The molecule has 0 spiro atoms. The Bertz CT molecular complexity index is 1620. The van der Waals surface area contributed by atoms with Crippen molar-refractivity contribution in [1.82, 2.24) is 0 Å². The van der Waals surface area contributed by atoms with Gasteiger partial charge in [-0.1, -0.05) is 60.7 Å². The Morgan fingerprint density at radius 1 is 0.881 bits per heavy atom. The van der Waals surface area contributed by atoms with Gasteiger partial charge in [-0.25, -0.2) is 14.4 Å². The first kappa shape index (κ1) is 29.4. The molecule has 0 saturated carbocycles. The second-order valence-electron chi connectivity index (χ2n) is 9.26. The van der Waals surface area contributed by atoms with Gasteiger partial charge in [0.1, 0.15) is 23.7 Å². The van der Waals surface area contributed by atoms with Crippen LogP contribution in [0.25, 0.3) is 0 Å². The Labute approximate surface area is 243 Å². The highest BCUT2D eigenvalue weighted by molar-refractivity contribution is 6.07. The van der Waals surface area contributed by atoms with Crippen molar-refractivity contribution in [2.75, 3.05) is 26.2 Å². The summed E-state index contributed by atoms with van der Waals surface area (Å²) < 4.78 is 21.5. The third-order valence-corrected chi connectivity index (χ3v) is 6.70. The van der Waals surface area contributed by atoms with Crippen LogP contribution in [-0.2, 0) is 30.4 Å². The summed E-state index contributed by atoms with van der Waals surface area (Å²) in [5.74, 6) is -3.70. The average molecular weight is 568 g/mol. The fourth-order valence-corrected chi connectivity index (χ4v) is 4.83. The number of ether oxygens (including phenoxy) is 4. The summed E-state index contributed by atoms with van der Waals surface area (Å²) in [5.41, 5.74) is 8.26. The Balaban J connectivity index is 2.08. The number of nitrogens with two attached hydrogens (primary N) is 1. The van der Waals surface area contributed by atoms with Gasteiger partial charge in [0.05, 0.1) is 50.2 Å². The quantitative estimate of drug-likeness (QED) is 0.310. The minimum Gasteiger partial charge on any atom is -0.486 e. The zero-order chi connectivity index (χ0) is 30.4. The van der Waals surface area contributed by atoms with Crippen LogP contribution in [0.3, 0.4) is 0 Å². The number of carbonyl (C=O) groups is 3. The summed E-state index contributed by atoms with van der Waals surface area (Å²) in [6.45, 7) is 1.76. The van der Waals surface area contributed by atoms with Gasteiger partial charge >= 0.3 is 17.9 Å². The Morgan fingerprint density at radius 2 is 1.48 bits per heavy atom. The number of hydrogen-bond donors (Lipinski definition) is 1.